The highest BCUT2D eigenvalue weighted by atomic mass is 35.5. The molecule has 0 N–H and O–H groups in total. The van der Waals surface area contributed by atoms with Gasteiger partial charge in [0.1, 0.15) is 4.90 Å². The van der Waals surface area contributed by atoms with Crippen molar-refractivity contribution in [3.05, 3.63) is 65.3 Å². The normalized spacial score (nSPS) is 11.6. The number of hydrogen-bond donors (Lipinski definition) is 0. The molecule has 2 aromatic carbocycles. The van der Waals surface area contributed by atoms with Crippen molar-refractivity contribution in [2.24, 2.45) is 0 Å². The minimum atomic E-state index is -3.40. The van der Waals surface area contributed by atoms with Crippen molar-refractivity contribution in [3.63, 3.8) is 0 Å². The molecule has 0 saturated carbocycles. The first-order valence-electron chi connectivity index (χ1n) is 6.97. The smallest absolute Gasteiger partial charge is 0.179 e. The van der Waals surface area contributed by atoms with Crippen LogP contribution in [0.4, 0.5) is 0 Å². The van der Waals surface area contributed by atoms with E-state index in [-0.39, 0.29) is 4.90 Å². The Balaban J connectivity index is 2.27. The molecule has 1 aromatic heterocycles. The summed E-state index contributed by atoms with van der Waals surface area (Å²) in [7, 11) is -3.40. The topological polar surface area (TPSA) is 52.0 Å². The van der Waals surface area contributed by atoms with Gasteiger partial charge in [0.2, 0.25) is 0 Å². The molecular weight excluding hydrogens is 332 g/mol. The summed E-state index contributed by atoms with van der Waals surface area (Å²) in [5.74, 6) is 0. The first-order chi connectivity index (χ1) is 10.9. The number of aromatic nitrogens is 2. The summed E-state index contributed by atoms with van der Waals surface area (Å²) >= 11 is 5.93. The standard InChI is InChI=1S/C17H15ClN2O2S/c1-12-3-5-13(6-4-12)17-16(23(2,21)22)11-19-20(17)15-9-7-14(18)8-10-15/h3-11H,1-2H3. The maximum atomic E-state index is 12.1. The number of benzene rings is 2. The van der Waals surface area contributed by atoms with Gasteiger partial charge in [0, 0.05) is 16.8 Å². The minimum Gasteiger partial charge on any atom is -0.232 e. The number of hydrogen-bond acceptors (Lipinski definition) is 3. The van der Waals surface area contributed by atoms with Crippen LogP contribution >= 0.6 is 11.6 Å². The molecule has 0 fully saturated rings. The van der Waals surface area contributed by atoms with Crippen LogP contribution in [0.15, 0.2) is 59.6 Å². The Morgan fingerprint density at radius 2 is 1.61 bits per heavy atom. The van der Waals surface area contributed by atoms with Gasteiger partial charge in [-0.25, -0.2) is 13.1 Å². The third-order valence-corrected chi connectivity index (χ3v) is 4.88. The average Bonchev–Trinajstić information content (AvgIpc) is 2.94. The van der Waals surface area contributed by atoms with Gasteiger partial charge in [-0.2, -0.15) is 5.10 Å². The van der Waals surface area contributed by atoms with E-state index in [0.717, 1.165) is 16.8 Å². The Labute approximate surface area is 140 Å². The van der Waals surface area contributed by atoms with E-state index >= 15 is 0 Å². The number of rotatable bonds is 3. The fraction of sp³-hybridized carbons (Fsp3) is 0.118. The highest BCUT2D eigenvalue weighted by Crippen LogP contribution is 2.30. The van der Waals surface area contributed by atoms with Crippen LogP contribution in [0.1, 0.15) is 5.56 Å². The molecule has 3 aromatic rings. The predicted molar refractivity (Wildman–Crippen MR) is 91.9 cm³/mol. The molecule has 0 bridgehead atoms. The molecule has 0 spiro atoms. The van der Waals surface area contributed by atoms with E-state index in [4.69, 9.17) is 11.6 Å². The summed E-state index contributed by atoms with van der Waals surface area (Å²) in [5.41, 5.74) is 3.20. The zero-order valence-corrected chi connectivity index (χ0v) is 14.3. The second-order valence-electron chi connectivity index (χ2n) is 5.38. The fourth-order valence-electron chi connectivity index (χ4n) is 2.36. The second-order valence-corrected chi connectivity index (χ2v) is 7.80. The fourth-order valence-corrected chi connectivity index (χ4v) is 3.28. The van der Waals surface area contributed by atoms with Crippen LogP contribution in [0, 0.1) is 6.92 Å². The third kappa shape index (κ3) is 3.16. The molecule has 23 heavy (non-hydrogen) atoms. The number of sulfone groups is 1. The van der Waals surface area contributed by atoms with Gasteiger partial charge in [0.25, 0.3) is 0 Å². The van der Waals surface area contributed by atoms with Crippen molar-refractivity contribution in [3.8, 4) is 16.9 Å². The number of aryl methyl sites for hydroxylation is 1. The number of nitrogens with zero attached hydrogens (tertiary/aromatic N) is 2. The van der Waals surface area contributed by atoms with Crippen LogP contribution in [-0.4, -0.2) is 24.5 Å². The summed E-state index contributed by atoms with van der Waals surface area (Å²) in [6, 6.07) is 14.8. The van der Waals surface area contributed by atoms with Gasteiger partial charge in [-0.1, -0.05) is 41.4 Å². The summed E-state index contributed by atoms with van der Waals surface area (Å²) in [6.07, 6.45) is 2.58. The zero-order valence-electron chi connectivity index (χ0n) is 12.7. The molecular formula is C17H15ClN2O2S. The molecule has 0 amide bonds. The van der Waals surface area contributed by atoms with E-state index in [1.54, 1.807) is 28.9 Å². The molecule has 0 atom stereocenters. The molecule has 118 valence electrons. The Bertz CT molecular complexity index is 943. The highest BCUT2D eigenvalue weighted by molar-refractivity contribution is 7.90. The minimum absolute atomic E-state index is 0.205. The summed E-state index contributed by atoms with van der Waals surface area (Å²) in [4.78, 5) is 0.205. The zero-order chi connectivity index (χ0) is 16.6. The SMILES string of the molecule is Cc1ccc(-c2c(S(C)(=O)=O)cnn2-c2ccc(Cl)cc2)cc1. The van der Waals surface area contributed by atoms with Gasteiger partial charge in [-0.3, -0.25) is 0 Å². The van der Waals surface area contributed by atoms with Gasteiger partial charge >= 0.3 is 0 Å². The molecule has 0 saturated heterocycles. The van der Waals surface area contributed by atoms with Crippen molar-refractivity contribution in [1.82, 2.24) is 9.78 Å². The lowest BCUT2D eigenvalue weighted by Crippen LogP contribution is -2.03. The van der Waals surface area contributed by atoms with E-state index < -0.39 is 9.84 Å². The van der Waals surface area contributed by atoms with Crippen molar-refractivity contribution in [2.75, 3.05) is 6.26 Å². The van der Waals surface area contributed by atoms with E-state index in [1.165, 1.54) is 12.5 Å². The van der Waals surface area contributed by atoms with Crippen LogP contribution in [0.3, 0.4) is 0 Å². The van der Waals surface area contributed by atoms with Gasteiger partial charge in [0.05, 0.1) is 17.6 Å². The highest BCUT2D eigenvalue weighted by Gasteiger charge is 2.21. The van der Waals surface area contributed by atoms with Crippen LogP contribution in [0.2, 0.25) is 5.02 Å². The lowest BCUT2D eigenvalue weighted by Gasteiger charge is -2.10. The van der Waals surface area contributed by atoms with E-state index in [9.17, 15) is 8.42 Å². The quantitative estimate of drug-likeness (QED) is 0.722. The van der Waals surface area contributed by atoms with Gasteiger partial charge in [-0.15, -0.1) is 0 Å². The average molecular weight is 347 g/mol. The maximum Gasteiger partial charge on any atom is 0.179 e. The Morgan fingerprint density at radius 3 is 2.17 bits per heavy atom. The summed E-state index contributed by atoms with van der Waals surface area (Å²) in [6.45, 7) is 1.98. The Morgan fingerprint density at radius 1 is 1.00 bits per heavy atom. The first kappa shape index (κ1) is 15.8. The third-order valence-electron chi connectivity index (χ3n) is 3.53. The van der Waals surface area contributed by atoms with E-state index in [2.05, 4.69) is 5.10 Å². The van der Waals surface area contributed by atoms with Gasteiger partial charge < -0.3 is 0 Å². The summed E-state index contributed by atoms with van der Waals surface area (Å²) < 4.78 is 25.9. The molecule has 3 rings (SSSR count). The molecule has 0 aliphatic heterocycles. The molecule has 0 aliphatic rings. The maximum absolute atomic E-state index is 12.1. The van der Waals surface area contributed by atoms with Crippen molar-refractivity contribution < 1.29 is 8.42 Å². The molecule has 4 nitrogen and oxygen atoms in total. The first-order valence-corrected chi connectivity index (χ1v) is 9.24. The van der Waals surface area contributed by atoms with Crippen LogP contribution in [0.5, 0.6) is 0 Å². The van der Waals surface area contributed by atoms with Crippen molar-refractivity contribution >= 4 is 21.4 Å². The molecule has 0 unspecified atom stereocenters. The number of halogens is 1. The predicted octanol–water partition coefficient (Wildman–Crippen LogP) is 3.90. The largest absolute Gasteiger partial charge is 0.232 e. The van der Waals surface area contributed by atoms with E-state index in [0.29, 0.717) is 10.7 Å². The van der Waals surface area contributed by atoms with Gasteiger partial charge in [0.15, 0.2) is 9.84 Å². The Kier molecular flexibility index (Phi) is 4.00. The second kappa shape index (κ2) is 5.83. The molecule has 0 radical (unpaired) electrons. The summed E-state index contributed by atoms with van der Waals surface area (Å²) in [5, 5.41) is 4.89. The molecule has 1 heterocycles. The van der Waals surface area contributed by atoms with Crippen LogP contribution in [0.25, 0.3) is 16.9 Å². The Hall–Kier alpha value is -2.11. The monoisotopic (exact) mass is 346 g/mol. The van der Waals surface area contributed by atoms with Crippen LogP contribution in [-0.2, 0) is 9.84 Å². The van der Waals surface area contributed by atoms with E-state index in [1.807, 2.05) is 31.2 Å². The molecule has 0 aliphatic carbocycles. The van der Waals surface area contributed by atoms with Crippen molar-refractivity contribution in [1.29, 1.82) is 0 Å². The lowest BCUT2D eigenvalue weighted by atomic mass is 10.1. The van der Waals surface area contributed by atoms with Gasteiger partial charge in [-0.05, 0) is 31.2 Å². The van der Waals surface area contributed by atoms with Crippen LogP contribution < -0.4 is 0 Å². The van der Waals surface area contributed by atoms with Crippen molar-refractivity contribution in [2.45, 2.75) is 11.8 Å². The lowest BCUT2D eigenvalue weighted by molar-refractivity contribution is 0.602. The molecule has 6 heteroatoms.